The first kappa shape index (κ1) is 13.6. The van der Waals surface area contributed by atoms with Crippen LogP contribution in [0.4, 0.5) is 0 Å². The smallest absolute Gasteiger partial charge is 0.134 e. The number of carbonyl (C=O) groups is 1. The number of ketones is 1. The summed E-state index contributed by atoms with van der Waals surface area (Å²) in [5.41, 5.74) is 0. The predicted molar refractivity (Wildman–Crippen MR) is 77.2 cm³/mol. The van der Waals surface area contributed by atoms with Gasteiger partial charge in [-0.3, -0.25) is 9.69 Å². The van der Waals surface area contributed by atoms with Gasteiger partial charge in [-0.1, -0.05) is 0 Å². The van der Waals surface area contributed by atoms with E-state index in [2.05, 4.69) is 9.80 Å². The van der Waals surface area contributed by atoms with Crippen LogP contribution in [0.1, 0.15) is 51.4 Å². The van der Waals surface area contributed by atoms with Crippen molar-refractivity contribution in [3.05, 3.63) is 0 Å². The first-order valence-electron chi connectivity index (χ1n) is 8.29. The zero-order valence-corrected chi connectivity index (χ0v) is 12.1. The summed E-state index contributed by atoms with van der Waals surface area (Å²) in [7, 11) is 0. The third kappa shape index (κ3) is 3.57. The average molecular weight is 264 g/mol. The number of hydrogen-bond acceptors (Lipinski definition) is 3. The lowest BCUT2D eigenvalue weighted by Gasteiger charge is -2.39. The van der Waals surface area contributed by atoms with Crippen LogP contribution in [0.5, 0.6) is 0 Å². The summed E-state index contributed by atoms with van der Waals surface area (Å²) in [4.78, 5) is 16.8. The second-order valence-electron chi connectivity index (χ2n) is 6.78. The van der Waals surface area contributed by atoms with Crippen LogP contribution in [0.2, 0.25) is 0 Å². The van der Waals surface area contributed by atoms with E-state index < -0.39 is 0 Å². The topological polar surface area (TPSA) is 23.6 Å². The molecule has 0 aromatic heterocycles. The van der Waals surface area contributed by atoms with Crippen molar-refractivity contribution in [3.63, 3.8) is 0 Å². The van der Waals surface area contributed by atoms with Crippen LogP contribution in [0.15, 0.2) is 0 Å². The normalized spacial score (nSPS) is 32.0. The van der Waals surface area contributed by atoms with Crippen LogP contribution >= 0.6 is 0 Å². The van der Waals surface area contributed by atoms with E-state index in [0.29, 0.717) is 11.8 Å². The Morgan fingerprint density at radius 1 is 0.947 bits per heavy atom. The van der Waals surface area contributed by atoms with E-state index in [-0.39, 0.29) is 0 Å². The number of carbonyl (C=O) groups excluding carboxylic acids is 1. The third-order valence-corrected chi connectivity index (χ3v) is 5.34. The second-order valence-corrected chi connectivity index (χ2v) is 6.78. The molecule has 3 rings (SSSR count). The molecule has 108 valence electrons. The Hall–Kier alpha value is -0.410. The van der Waals surface area contributed by atoms with E-state index in [4.69, 9.17) is 0 Å². The zero-order chi connectivity index (χ0) is 13.1. The first-order valence-corrected chi connectivity index (χ1v) is 8.29. The van der Waals surface area contributed by atoms with E-state index in [0.717, 1.165) is 25.2 Å². The van der Waals surface area contributed by atoms with E-state index in [1.807, 2.05) is 0 Å². The SMILES string of the molecule is O=C1CCCC(N2CCC(CN3CCCC3)CC2)C1. The zero-order valence-electron chi connectivity index (χ0n) is 12.1. The fourth-order valence-electron chi connectivity index (χ4n) is 4.14. The van der Waals surface area contributed by atoms with E-state index in [9.17, 15) is 4.79 Å². The van der Waals surface area contributed by atoms with E-state index in [1.54, 1.807) is 0 Å². The lowest BCUT2D eigenvalue weighted by Crippen LogP contribution is -2.45. The molecule has 0 radical (unpaired) electrons. The Balaban J connectivity index is 1.42. The molecule has 1 saturated carbocycles. The Labute approximate surface area is 117 Å². The minimum atomic E-state index is 0.496. The van der Waals surface area contributed by atoms with Crippen molar-refractivity contribution < 1.29 is 4.79 Å². The first-order chi connectivity index (χ1) is 9.31. The van der Waals surface area contributed by atoms with Crippen LogP contribution in [0.25, 0.3) is 0 Å². The van der Waals surface area contributed by atoms with Crippen LogP contribution in [-0.4, -0.2) is 54.3 Å². The van der Waals surface area contributed by atoms with Crippen LogP contribution in [0, 0.1) is 5.92 Å². The van der Waals surface area contributed by atoms with E-state index in [1.165, 1.54) is 64.8 Å². The van der Waals surface area contributed by atoms with Gasteiger partial charge in [0.25, 0.3) is 0 Å². The second kappa shape index (κ2) is 6.36. The molecular weight excluding hydrogens is 236 g/mol. The van der Waals surface area contributed by atoms with Crippen molar-refractivity contribution in [2.24, 2.45) is 5.92 Å². The van der Waals surface area contributed by atoms with Gasteiger partial charge in [0.1, 0.15) is 5.78 Å². The van der Waals surface area contributed by atoms with Crippen LogP contribution in [0.3, 0.4) is 0 Å². The third-order valence-electron chi connectivity index (χ3n) is 5.34. The molecule has 0 amide bonds. The van der Waals surface area contributed by atoms with Gasteiger partial charge in [-0.15, -0.1) is 0 Å². The fourth-order valence-corrected chi connectivity index (χ4v) is 4.14. The van der Waals surface area contributed by atoms with Gasteiger partial charge < -0.3 is 4.90 Å². The summed E-state index contributed by atoms with van der Waals surface area (Å²) in [5.74, 6) is 1.41. The summed E-state index contributed by atoms with van der Waals surface area (Å²) in [6.45, 7) is 6.46. The van der Waals surface area contributed by atoms with Crippen LogP contribution < -0.4 is 0 Å². The van der Waals surface area contributed by atoms with E-state index >= 15 is 0 Å². The molecule has 2 saturated heterocycles. The van der Waals surface area contributed by atoms with Gasteiger partial charge in [-0.05, 0) is 70.6 Å². The van der Waals surface area contributed by atoms with Crippen molar-refractivity contribution >= 4 is 5.78 Å². The number of nitrogens with zero attached hydrogens (tertiary/aromatic N) is 2. The molecule has 0 bridgehead atoms. The van der Waals surface area contributed by atoms with Crippen molar-refractivity contribution in [1.82, 2.24) is 9.80 Å². The molecule has 2 heterocycles. The molecule has 0 aromatic carbocycles. The molecule has 3 fully saturated rings. The predicted octanol–water partition coefficient (Wildman–Crippen LogP) is 2.31. The Bertz CT molecular complexity index is 304. The maximum absolute atomic E-state index is 11.6. The molecule has 1 unspecified atom stereocenters. The monoisotopic (exact) mass is 264 g/mol. The van der Waals surface area contributed by atoms with Gasteiger partial charge in [-0.2, -0.15) is 0 Å². The molecule has 1 aliphatic carbocycles. The lowest BCUT2D eigenvalue weighted by molar-refractivity contribution is -0.122. The highest BCUT2D eigenvalue weighted by molar-refractivity contribution is 5.79. The molecule has 0 aromatic rings. The summed E-state index contributed by atoms with van der Waals surface area (Å²) < 4.78 is 0. The quantitative estimate of drug-likeness (QED) is 0.781. The molecule has 19 heavy (non-hydrogen) atoms. The van der Waals surface area contributed by atoms with Crippen molar-refractivity contribution in [3.8, 4) is 0 Å². The number of piperidine rings is 1. The van der Waals surface area contributed by atoms with Gasteiger partial charge >= 0.3 is 0 Å². The van der Waals surface area contributed by atoms with Crippen molar-refractivity contribution in [1.29, 1.82) is 0 Å². The highest BCUT2D eigenvalue weighted by atomic mass is 16.1. The van der Waals surface area contributed by atoms with Gasteiger partial charge in [0.05, 0.1) is 0 Å². The van der Waals surface area contributed by atoms with Crippen molar-refractivity contribution in [2.75, 3.05) is 32.7 Å². The summed E-state index contributed by atoms with van der Waals surface area (Å²) in [6, 6.07) is 0.578. The van der Waals surface area contributed by atoms with Gasteiger partial charge in [0.15, 0.2) is 0 Å². The Morgan fingerprint density at radius 2 is 1.68 bits per heavy atom. The highest BCUT2D eigenvalue weighted by Crippen LogP contribution is 2.26. The molecule has 3 aliphatic rings. The highest BCUT2D eigenvalue weighted by Gasteiger charge is 2.29. The summed E-state index contributed by atoms with van der Waals surface area (Å²) in [5, 5.41) is 0. The Kier molecular flexibility index (Phi) is 4.54. The standard InChI is InChI=1S/C16H28N2O/c19-16-5-3-4-15(12-16)18-10-6-14(7-11-18)13-17-8-1-2-9-17/h14-15H,1-13H2. The van der Waals surface area contributed by atoms with Gasteiger partial charge in [0, 0.05) is 25.4 Å². The number of likely N-dealkylation sites (tertiary alicyclic amines) is 2. The molecular formula is C16H28N2O. The Morgan fingerprint density at radius 3 is 2.37 bits per heavy atom. The van der Waals surface area contributed by atoms with Gasteiger partial charge in [0.2, 0.25) is 0 Å². The van der Waals surface area contributed by atoms with Crippen molar-refractivity contribution in [2.45, 2.75) is 57.4 Å². The fraction of sp³-hybridized carbons (Fsp3) is 0.938. The van der Waals surface area contributed by atoms with Crippen LogP contribution in [-0.2, 0) is 4.79 Å². The largest absolute Gasteiger partial charge is 0.303 e. The summed E-state index contributed by atoms with van der Waals surface area (Å²) >= 11 is 0. The number of hydrogen-bond donors (Lipinski definition) is 0. The number of Topliss-reactive ketones (excluding diaryl/α,β-unsaturated/α-hetero) is 1. The molecule has 3 heteroatoms. The molecule has 1 atom stereocenters. The lowest BCUT2D eigenvalue weighted by atomic mass is 9.89. The van der Waals surface area contributed by atoms with Gasteiger partial charge in [-0.25, -0.2) is 0 Å². The minimum absolute atomic E-state index is 0.496. The summed E-state index contributed by atoms with van der Waals surface area (Å²) in [6.07, 6.45) is 9.55. The molecule has 3 nitrogen and oxygen atoms in total. The number of rotatable bonds is 3. The minimum Gasteiger partial charge on any atom is -0.303 e. The maximum atomic E-state index is 11.6. The molecule has 0 N–H and O–H groups in total. The maximum Gasteiger partial charge on any atom is 0.134 e. The average Bonchev–Trinajstić information content (AvgIpc) is 2.92. The molecule has 0 spiro atoms. The molecule has 2 aliphatic heterocycles.